The molecule has 144 valence electrons. The summed E-state index contributed by atoms with van der Waals surface area (Å²) in [5, 5.41) is 3.55. The van der Waals surface area contributed by atoms with E-state index in [2.05, 4.69) is 22.1 Å². The fraction of sp³-hybridized carbons (Fsp3) is 0.273. The smallest absolute Gasteiger partial charge is 0.264 e. The molecule has 0 atom stereocenters. The van der Waals surface area contributed by atoms with Crippen molar-refractivity contribution >= 4 is 22.4 Å². The van der Waals surface area contributed by atoms with Crippen molar-refractivity contribution < 1.29 is 9.53 Å². The van der Waals surface area contributed by atoms with Gasteiger partial charge in [0, 0.05) is 30.0 Å². The van der Waals surface area contributed by atoms with Gasteiger partial charge in [-0.3, -0.25) is 15.0 Å². The summed E-state index contributed by atoms with van der Waals surface area (Å²) in [6, 6.07) is 17.8. The maximum atomic E-state index is 12.4. The summed E-state index contributed by atoms with van der Waals surface area (Å²) in [5.74, 6) is 0.502. The van der Waals surface area contributed by atoms with Crippen molar-refractivity contribution in [2.24, 2.45) is 0 Å². The highest BCUT2D eigenvalue weighted by Crippen LogP contribution is 2.30. The van der Waals surface area contributed by atoms with Crippen LogP contribution in [0.5, 0.6) is 5.75 Å². The first-order chi connectivity index (χ1) is 13.7. The molecule has 3 aromatic rings. The molecular formula is C22H23N3O2S. The summed E-state index contributed by atoms with van der Waals surface area (Å²) in [4.78, 5) is 20.6. The third-order valence-electron chi connectivity index (χ3n) is 4.83. The lowest BCUT2D eigenvalue weighted by molar-refractivity contribution is -0.118. The van der Waals surface area contributed by atoms with Gasteiger partial charge in [0.05, 0.1) is 5.69 Å². The van der Waals surface area contributed by atoms with E-state index in [-0.39, 0.29) is 12.5 Å². The molecular weight excluding hydrogens is 370 g/mol. The number of nitrogens with zero attached hydrogens (tertiary/aromatic N) is 2. The lowest BCUT2D eigenvalue weighted by atomic mass is 10.1. The lowest BCUT2D eigenvalue weighted by Gasteiger charge is -2.23. The predicted molar refractivity (Wildman–Crippen MR) is 113 cm³/mol. The third kappa shape index (κ3) is 4.24. The summed E-state index contributed by atoms with van der Waals surface area (Å²) in [7, 11) is 0. The number of hydrogen-bond donors (Lipinski definition) is 1. The minimum absolute atomic E-state index is 0.0464. The first-order valence-corrected chi connectivity index (χ1v) is 10.3. The highest BCUT2D eigenvalue weighted by molar-refractivity contribution is 7.15. The molecule has 0 fully saturated rings. The van der Waals surface area contributed by atoms with E-state index in [1.807, 2.05) is 54.6 Å². The Morgan fingerprint density at radius 1 is 1.18 bits per heavy atom. The summed E-state index contributed by atoms with van der Waals surface area (Å²) in [6.07, 6.45) is 0.941. The minimum Gasteiger partial charge on any atom is -0.483 e. The van der Waals surface area contributed by atoms with Crippen LogP contribution in [-0.2, 0) is 17.8 Å². The van der Waals surface area contributed by atoms with Crippen LogP contribution in [0, 0.1) is 0 Å². The predicted octanol–water partition coefficient (Wildman–Crippen LogP) is 4.21. The summed E-state index contributed by atoms with van der Waals surface area (Å²) in [5.41, 5.74) is 3.15. The number of thiazole rings is 1. The van der Waals surface area contributed by atoms with Gasteiger partial charge in [-0.2, -0.15) is 0 Å². The molecule has 1 aliphatic heterocycles. The van der Waals surface area contributed by atoms with E-state index < -0.39 is 0 Å². The second-order valence-electron chi connectivity index (χ2n) is 6.71. The largest absolute Gasteiger partial charge is 0.483 e. The maximum Gasteiger partial charge on any atom is 0.264 e. The van der Waals surface area contributed by atoms with Gasteiger partial charge in [-0.25, -0.2) is 4.98 Å². The van der Waals surface area contributed by atoms with E-state index in [1.54, 1.807) is 11.3 Å². The number of amides is 1. The monoisotopic (exact) mass is 393 g/mol. The number of benzene rings is 2. The normalized spacial score (nSPS) is 13.8. The van der Waals surface area contributed by atoms with E-state index >= 15 is 0 Å². The van der Waals surface area contributed by atoms with E-state index in [1.165, 1.54) is 4.88 Å². The van der Waals surface area contributed by atoms with Crippen LogP contribution in [0.2, 0.25) is 0 Å². The Kier molecular flexibility index (Phi) is 5.69. The second kappa shape index (κ2) is 8.54. The molecule has 0 bridgehead atoms. The van der Waals surface area contributed by atoms with Crippen LogP contribution < -0.4 is 10.1 Å². The first-order valence-electron chi connectivity index (χ1n) is 9.51. The van der Waals surface area contributed by atoms with Gasteiger partial charge in [-0.15, -0.1) is 11.3 Å². The zero-order chi connectivity index (χ0) is 19.3. The van der Waals surface area contributed by atoms with Gasteiger partial charge >= 0.3 is 0 Å². The molecule has 1 amide bonds. The standard InChI is InChI=1S/C22H23N3O2S/c1-2-25-13-12-18-20(14-25)28-22(23-18)24-21(26)15-27-19-11-7-6-10-17(19)16-8-4-3-5-9-16/h3-11H,2,12-15H2,1H3,(H,23,24,26). The van der Waals surface area contributed by atoms with Gasteiger partial charge < -0.3 is 4.74 Å². The molecule has 0 saturated heterocycles. The van der Waals surface area contributed by atoms with E-state index in [9.17, 15) is 4.79 Å². The quantitative estimate of drug-likeness (QED) is 0.682. The van der Waals surface area contributed by atoms with Crippen LogP contribution in [0.4, 0.5) is 5.13 Å². The maximum absolute atomic E-state index is 12.4. The Balaban J connectivity index is 1.39. The summed E-state index contributed by atoms with van der Waals surface area (Å²) < 4.78 is 5.82. The lowest BCUT2D eigenvalue weighted by Crippen LogP contribution is -2.29. The Labute approximate surface area is 169 Å². The van der Waals surface area contributed by atoms with Crippen molar-refractivity contribution in [1.29, 1.82) is 0 Å². The number of aromatic nitrogens is 1. The Bertz CT molecular complexity index is 955. The minimum atomic E-state index is -0.193. The SMILES string of the molecule is CCN1CCc2nc(NC(=O)COc3ccccc3-c3ccccc3)sc2C1. The molecule has 5 nitrogen and oxygen atoms in total. The number of carbonyl (C=O) groups is 1. The van der Waals surface area contributed by atoms with Crippen LogP contribution in [0.3, 0.4) is 0 Å². The van der Waals surface area contributed by atoms with Gasteiger partial charge in [-0.1, -0.05) is 55.5 Å². The number of anilines is 1. The van der Waals surface area contributed by atoms with Crippen LogP contribution >= 0.6 is 11.3 Å². The molecule has 0 radical (unpaired) electrons. The van der Waals surface area contributed by atoms with E-state index in [0.29, 0.717) is 10.9 Å². The van der Waals surface area contributed by atoms with Crippen molar-refractivity contribution in [1.82, 2.24) is 9.88 Å². The number of nitrogens with one attached hydrogen (secondary N) is 1. The Morgan fingerprint density at radius 2 is 1.96 bits per heavy atom. The van der Waals surface area contributed by atoms with Gasteiger partial charge in [0.2, 0.25) is 0 Å². The zero-order valence-electron chi connectivity index (χ0n) is 15.9. The average molecular weight is 394 g/mol. The molecule has 28 heavy (non-hydrogen) atoms. The van der Waals surface area contributed by atoms with Gasteiger partial charge in [-0.05, 0) is 18.2 Å². The molecule has 0 aliphatic carbocycles. The molecule has 1 N–H and O–H groups in total. The van der Waals surface area contributed by atoms with Gasteiger partial charge in [0.1, 0.15) is 5.75 Å². The van der Waals surface area contributed by atoms with Crippen molar-refractivity contribution in [2.45, 2.75) is 19.9 Å². The molecule has 0 unspecified atom stereocenters. The van der Waals surface area contributed by atoms with Crippen molar-refractivity contribution in [3.05, 3.63) is 65.2 Å². The summed E-state index contributed by atoms with van der Waals surface area (Å²) in [6.45, 7) is 5.10. The number of likely N-dealkylation sites (N-methyl/N-ethyl adjacent to an activating group) is 1. The zero-order valence-corrected chi connectivity index (χ0v) is 16.7. The second-order valence-corrected chi connectivity index (χ2v) is 7.79. The third-order valence-corrected chi connectivity index (χ3v) is 5.83. The van der Waals surface area contributed by atoms with Crippen LogP contribution in [0.15, 0.2) is 54.6 Å². The molecule has 1 aliphatic rings. The van der Waals surface area contributed by atoms with Crippen molar-refractivity contribution in [3.63, 3.8) is 0 Å². The highest BCUT2D eigenvalue weighted by atomic mass is 32.1. The molecule has 0 spiro atoms. The van der Waals surface area contributed by atoms with E-state index in [4.69, 9.17) is 4.74 Å². The molecule has 6 heteroatoms. The highest BCUT2D eigenvalue weighted by Gasteiger charge is 2.20. The van der Waals surface area contributed by atoms with Crippen LogP contribution in [0.25, 0.3) is 11.1 Å². The number of carbonyl (C=O) groups excluding carboxylic acids is 1. The topological polar surface area (TPSA) is 54.5 Å². The van der Waals surface area contributed by atoms with Crippen molar-refractivity contribution in [3.8, 4) is 16.9 Å². The number of fused-ring (bicyclic) bond motifs is 1. The van der Waals surface area contributed by atoms with Crippen LogP contribution in [-0.4, -0.2) is 35.5 Å². The Hall–Kier alpha value is -2.70. The number of rotatable bonds is 6. The molecule has 2 heterocycles. The molecule has 2 aromatic carbocycles. The molecule has 4 rings (SSSR count). The molecule has 1 aromatic heterocycles. The average Bonchev–Trinajstić information content (AvgIpc) is 3.14. The van der Waals surface area contributed by atoms with Crippen LogP contribution in [0.1, 0.15) is 17.5 Å². The first kappa shape index (κ1) is 18.7. The fourth-order valence-electron chi connectivity index (χ4n) is 3.32. The fourth-order valence-corrected chi connectivity index (χ4v) is 4.39. The van der Waals surface area contributed by atoms with Gasteiger partial charge in [0.25, 0.3) is 5.91 Å². The summed E-state index contributed by atoms with van der Waals surface area (Å²) >= 11 is 1.56. The van der Waals surface area contributed by atoms with Crippen molar-refractivity contribution in [2.75, 3.05) is 25.0 Å². The number of ether oxygens (including phenoxy) is 1. The van der Waals surface area contributed by atoms with Gasteiger partial charge in [0.15, 0.2) is 11.7 Å². The van der Waals surface area contributed by atoms with E-state index in [0.717, 1.165) is 42.9 Å². The number of hydrogen-bond acceptors (Lipinski definition) is 5. The Morgan fingerprint density at radius 3 is 2.79 bits per heavy atom. The molecule has 0 saturated carbocycles. The number of para-hydroxylation sites is 1.